The molecule has 0 radical (unpaired) electrons. The van der Waals surface area contributed by atoms with Crippen LogP contribution in [0.1, 0.15) is 24.0 Å². The summed E-state index contributed by atoms with van der Waals surface area (Å²) in [6.07, 6.45) is 1.75. The number of halogens is 2. The highest BCUT2D eigenvalue weighted by Gasteiger charge is 2.34. The lowest BCUT2D eigenvalue weighted by atomic mass is 9.74. The average molecular weight is 403 g/mol. The number of nitrogens with one attached hydrogen (secondary N) is 2. The van der Waals surface area contributed by atoms with Crippen molar-refractivity contribution in [2.45, 2.75) is 24.8 Å². The molecule has 1 saturated heterocycles. The van der Waals surface area contributed by atoms with Gasteiger partial charge in [0.2, 0.25) is 0 Å². The highest BCUT2D eigenvalue weighted by atomic mass is 19.1. The first kappa shape index (κ1) is 21.0. The summed E-state index contributed by atoms with van der Waals surface area (Å²) in [5.41, 5.74) is 1.36. The topological polar surface area (TPSA) is 54.9 Å². The first-order valence-electron chi connectivity index (χ1n) is 9.67. The number of guanidine groups is 1. The van der Waals surface area contributed by atoms with E-state index in [2.05, 4.69) is 27.8 Å². The van der Waals surface area contributed by atoms with Crippen LogP contribution in [-0.2, 0) is 16.7 Å². The maximum Gasteiger partial charge on any atom is 0.191 e. The van der Waals surface area contributed by atoms with Crippen molar-refractivity contribution in [2.75, 3.05) is 33.9 Å². The van der Waals surface area contributed by atoms with Gasteiger partial charge in [-0.15, -0.1) is 0 Å². The molecule has 0 aliphatic carbocycles. The molecule has 0 spiro atoms. The zero-order chi connectivity index (χ0) is 20.7. The zero-order valence-corrected chi connectivity index (χ0v) is 16.8. The highest BCUT2D eigenvalue weighted by Crippen LogP contribution is 2.35. The maximum atomic E-state index is 13.9. The molecule has 2 aromatic carbocycles. The quantitative estimate of drug-likeness (QED) is 0.574. The lowest BCUT2D eigenvalue weighted by molar-refractivity contribution is 0.0513. The van der Waals surface area contributed by atoms with Crippen LogP contribution < -0.4 is 15.4 Å². The summed E-state index contributed by atoms with van der Waals surface area (Å²) < 4.78 is 38.1. The van der Waals surface area contributed by atoms with Crippen LogP contribution in [0.25, 0.3) is 0 Å². The third kappa shape index (κ3) is 5.23. The lowest BCUT2D eigenvalue weighted by Gasteiger charge is -2.38. The van der Waals surface area contributed by atoms with Crippen LogP contribution in [0.3, 0.4) is 0 Å². The Bertz CT molecular complexity index is 834. The minimum Gasteiger partial charge on any atom is -0.497 e. The van der Waals surface area contributed by atoms with E-state index < -0.39 is 11.6 Å². The Kier molecular flexibility index (Phi) is 7.04. The SMILES string of the molecule is CN=C(NCc1cc(F)ccc1F)NCC1(c2ccc(OC)cc2)CCOCC1. The van der Waals surface area contributed by atoms with Crippen LogP contribution in [0.15, 0.2) is 47.5 Å². The second kappa shape index (κ2) is 9.69. The molecule has 0 saturated carbocycles. The molecule has 1 aliphatic rings. The van der Waals surface area contributed by atoms with Crippen molar-refractivity contribution in [3.8, 4) is 5.75 Å². The van der Waals surface area contributed by atoms with Crippen molar-refractivity contribution >= 4 is 5.96 Å². The molecule has 7 heteroatoms. The minimum absolute atomic E-state index is 0.105. The summed E-state index contributed by atoms with van der Waals surface area (Å²) in [6.45, 7) is 2.17. The van der Waals surface area contributed by atoms with Crippen molar-refractivity contribution in [3.05, 3.63) is 65.2 Å². The maximum absolute atomic E-state index is 13.9. The summed E-state index contributed by atoms with van der Waals surface area (Å²) in [6, 6.07) is 11.5. The summed E-state index contributed by atoms with van der Waals surface area (Å²) >= 11 is 0. The van der Waals surface area contributed by atoms with E-state index in [9.17, 15) is 8.78 Å². The van der Waals surface area contributed by atoms with E-state index in [-0.39, 0.29) is 17.5 Å². The molecule has 0 aromatic heterocycles. The van der Waals surface area contributed by atoms with Gasteiger partial charge in [0.25, 0.3) is 0 Å². The Labute approximate surface area is 170 Å². The predicted octanol–water partition coefficient (Wildman–Crippen LogP) is 3.39. The average Bonchev–Trinajstić information content (AvgIpc) is 2.76. The molecule has 2 N–H and O–H groups in total. The van der Waals surface area contributed by atoms with Crippen molar-refractivity contribution in [2.24, 2.45) is 4.99 Å². The van der Waals surface area contributed by atoms with E-state index in [1.807, 2.05) is 12.1 Å². The Morgan fingerprint density at radius 1 is 1.10 bits per heavy atom. The van der Waals surface area contributed by atoms with Gasteiger partial charge in [-0.05, 0) is 48.7 Å². The van der Waals surface area contributed by atoms with Crippen LogP contribution in [-0.4, -0.2) is 39.9 Å². The number of nitrogens with zero attached hydrogens (tertiary/aromatic N) is 1. The number of benzene rings is 2. The van der Waals surface area contributed by atoms with Crippen molar-refractivity contribution in [1.82, 2.24) is 10.6 Å². The Morgan fingerprint density at radius 2 is 1.83 bits per heavy atom. The molecule has 29 heavy (non-hydrogen) atoms. The Balaban J connectivity index is 1.68. The van der Waals surface area contributed by atoms with Crippen LogP contribution in [0, 0.1) is 11.6 Å². The molecular formula is C22H27F2N3O2. The van der Waals surface area contributed by atoms with E-state index in [4.69, 9.17) is 9.47 Å². The van der Waals surface area contributed by atoms with Gasteiger partial charge >= 0.3 is 0 Å². The van der Waals surface area contributed by atoms with E-state index in [1.165, 1.54) is 11.6 Å². The van der Waals surface area contributed by atoms with Crippen LogP contribution in [0.5, 0.6) is 5.75 Å². The number of ether oxygens (including phenoxy) is 2. The molecule has 0 atom stereocenters. The molecule has 3 rings (SSSR count). The van der Waals surface area contributed by atoms with Gasteiger partial charge in [-0.2, -0.15) is 0 Å². The summed E-state index contributed by atoms with van der Waals surface area (Å²) in [5.74, 6) is 0.437. The Hall–Kier alpha value is -2.67. The summed E-state index contributed by atoms with van der Waals surface area (Å²) in [4.78, 5) is 4.22. The van der Waals surface area contributed by atoms with Crippen LogP contribution >= 0.6 is 0 Å². The fraction of sp³-hybridized carbons (Fsp3) is 0.409. The first-order chi connectivity index (χ1) is 14.1. The monoisotopic (exact) mass is 403 g/mol. The third-order valence-electron chi connectivity index (χ3n) is 5.42. The van der Waals surface area contributed by atoms with Gasteiger partial charge in [0.15, 0.2) is 5.96 Å². The molecule has 1 fully saturated rings. The molecule has 1 heterocycles. The first-order valence-corrected chi connectivity index (χ1v) is 9.67. The minimum atomic E-state index is -0.466. The van der Waals surface area contributed by atoms with Gasteiger partial charge in [-0.1, -0.05) is 12.1 Å². The largest absolute Gasteiger partial charge is 0.497 e. The predicted molar refractivity (Wildman–Crippen MR) is 109 cm³/mol. The van der Waals surface area contributed by atoms with Crippen molar-refractivity contribution in [1.29, 1.82) is 0 Å². The smallest absolute Gasteiger partial charge is 0.191 e. The van der Waals surface area contributed by atoms with Crippen LogP contribution in [0.2, 0.25) is 0 Å². The van der Waals surface area contributed by atoms with Crippen molar-refractivity contribution < 1.29 is 18.3 Å². The summed E-state index contributed by atoms with van der Waals surface area (Å²) in [7, 11) is 3.30. The molecule has 2 aromatic rings. The molecule has 5 nitrogen and oxygen atoms in total. The molecule has 156 valence electrons. The number of methoxy groups -OCH3 is 1. The van der Waals surface area contributed by atoms with E-state index in [1.54, 1.807) is 14.2 Å². The summed E-state index contributed by atoms with van der Waals surface area (Å²) in [5, 5.41) is 6.41. The number of rotatable bonds is 6. The van der Waals surface area contributed by atoms with E-state index in [0.717, 1.165) is 30.7 Å². The highest BCUT2D eigenvalue weighted by molar-refractivity contribution is 5.79. The van der Waals surface area contributed by atoms with Crippen LogP contribution in [0.4, 0.5) is 8.78 Å². The van der Waals surface area contributed by atoms with Gasteiger partial charge in [0, 0.05) is 44.3 Å². The molecule has 0 bridgehead atoms. The number of hydrogen-bond acceptors (Lipinski definition) is 3. The fourth-order valence-electron chi connectivity index (χ4n) is 3.61. The van der Waals surface area contributed by atoms with Gasteiger partial charge < -0.3 is 20.1 Å². The zero-order valence-electron chi connectivity index (χ0n) is 16.8. The van der Waals surface area contributed by atoms with Gasteiger partial charge in [0.1, 0.15) is 17.4 Å². The fourth-order valence-corrected chi connectivity index (χ4v) is 3.61. The molecule has 1 aliphatic heterocycles. The third-order valence-corrected chi connectivity index (χ3v) is 5.42. The lowest BCUT2D eigenvalue weighted by Crippen LogP contribution is -2.48. The number of hydrogen-bond donors (Lipinski definition) is 2. The Morgan fingerprint density at radius 3 is 2.48 bits per heavy atom. The second-order valence-corrected chi connectivity index (χ2v) is 7.14. The molecular weight excluding hydrogens is 376 g/mol. The second-order valence-electron chi connectivity index (χ2n) is 7.14. The molecule has 0 amide bonds. The normalized spacial score (nSPS) is 16.3. The van der Waals surface area contributed by atoms with Gasteiger partial charge in [-0.3, -0.25) is 4.99 Å². The van der Waals surface area contributed by atoms with E-state index >= 15 is 0 Å². The van der Waals surface area contributed by atoms with Gasteiger partial charge in [0.05, 0.1) is 7.11 Å². The molecule has 0 unspecified atom stereocenters. The van der Waals surface area contributed by atoms with Crippen molar-refractivity contribution in [3.63, 3.8) is 0 Å². The standard InChI is InChI=1S/C22H27F2N3O2/c1-25-21(26-14-16-13-18(23)5-8-20(16)24)27-15-22(9-11-29-12-10-22)17-3-6-19(28-2)7-4-17/h3-8,13H,9-12,14-15H2,1-2H3,(H2,25,26,27). The van der Waals surface area contributed by atoms with Gasteiger partial charge in [-0.25, -0.2) is 8.78 Å². The van der Waals surface area contributed by atoms with E-state index in [0.29, 0.717) is 25.7 Å². The number of aliphatic imine (C=N–C) groups is 1.